The molecule has 0 spiro atoms. The first kappa shape index (κ1) is 39.6. The van der Waals surface area contributed by atoms with Crippen LogP contribution < -0.4 is 5.32 Å². The molecular formula is C36H67NO4. The van der Waals surface area contributed by atoms with Crippen molar-refractivity contribution in [3.63, 3.8) is 0 Å². The normalized spacial score (nSPS) is 14.4. The predicted octanol–water partition coefficient (Wildman–Crippen LogP) is 8.87. The number of carbonyl (C=O) groups is 1. The average Bonchev–Trinajstić information content (AvgIpc) is 2.98. The van der Waals surface area contributed by atoms with E-state index in [1.54, 1.807) is 6.08 Å². The van der Waals surface area contributed by atoms with E-state index in [1.165, 1.54) is 103 Å². The van der Waals surface area contributed by atoms with Crippen LogP contribution in [0.3, 0.4) is 0 Å². The molecule has 0 aliphatic rings. The second-order valence-electron chi connectivity index (χ2n) is 11.8. The van der Waals surface area contributed by atoms with Crippen molar-refractivity contribution in [2.75, 3.05) is 6.61 Å². The minimum Gasteiger partial charge on any atom is -0.394 e. The zero-order valence-electron chi connectivity index (χ0n) is 26.9. The summed E-state index contributed by atoms with van der Waals surface area (Å²) in [7, 11) is 0. The number of carbonyl (C=O) groups excluding carboxylic acids is 1. The number of aliphatic hydroxyl groups excluding tert-OH is 3. The first-order valence-corrected chi connectivity index (χ1v) is 17.3. The van der Waals surface area contributed by atoms with E-state index in [0.717, 1.165) is 38.5 Å². The molecule has 0 rings (SSSR count). The molecule has 0 fully saturated rings. The summed E-state index contributed by atoms with van der Waals surface area (Å²) in [5.41, 5.74) is 0. The molecule has 5 heteroatoms. The standard InChI is InChI=1S/C36H67NO4/c1-3-5-7-9-11-13-15-17-19-21-23-25-27-29-31-35(40)36(41)37-33(32-38)34(39)30-28-26-24-22-20-18-16-14-12-10-8-6-4-2/h16,18,20,22,28,30,33-35,38-40H,3-15,17,19,21,23-27,29,31-32H2,1-2H3,(H,37,41)/b18-16+,22-20+,30-28+/t33-,34+,35+/m0/s1. The van der Waals surface area contributed by atoms with E-state index in [1.807, 2.05) is 6.08 Å². The third kappa shape index (κ3) is 27.2. The van der Waals surface area contributed by atoms with Crippen molar-refractivity contribution in [3.05, 3.63) is 36.5 Å². The van der Waals surface area contributed by atoms with Gasteiger partial charge in [-0.1, -0.05) is 166 Å². The van der Waals surface area contributed by atoms with Crippen LogP contribution in [-0.2, 0) is 4.79 Å². The fourth-order valence-electron chi connectivity index (χ4n) is 4.96. The SMILES string of the molecule is CCCCCCC/C=C/C=C/CC/C=C/[C@@H](O)[C@H](CO)NC(=O)[C@H](O)CCCCCCCCCCCCCCCC. The number of hydrogen-bond donors (Lipinski definition) is 4. The lowest BCUT2D eigenvalue weighted by atomic mass is 10.0. The number of unbranched alkanes of at least 4 members (excludes halogenated alkanes) is 19. The molecule has 0 radical (unpaired) electrons. The zero-order chi connectivity index (χ0) is 30.2. The molecule has 3 atom stereocenters. The number of rotatable bonds is 30. The van der Waals surface area contributed by atoms with Crippen LogP contribution in [0, 0.1) is 0 Å². The fourth-order valence-corrected chi connectivity index (χ4v) is 4.96. The van der Waals surface area contributed by atoms with Crippen molar-refractivity contribution in [2.24, 2.45) is 0 Å². The number of amides is 1. The second kappa shape index (κ2) is 31.5. The average molecular weight is 578 g/mol. The van der Waals surface area contributed by atoms with Gasteiger partial charge in [0.1, 0.15) is 6.10 Å². The molecule has 41 heavy (non-hydrogen) atoms. The molecule has 0 heterocycles. The molecule has 0 saturated carbocycles. The lowest BCUT2D eigenvalue weighted by Gasteiger charge is -2.21. The quantitative estimate of drug-likeness (QED) is 0.0390. The Hall–Kier alpha value is -1.43. The van der Waals surface area contributed by atoms with Gasteiger partial charge in [-0.2, -0.15) is 0 Å². The van der Waals surface area contributed by atoms with Gasteiger partial charge in [0.2, 0.25) is 5.91 Å². The summed E-state index contributed by atoms with van der Waals surface area (Å²) < 4.78 is 0. The summed E-state index contributed by atoms with van der Waals surface area (Å²) in [4.78, 5) is 12.3. The molecule has 0 aliphatic heterocycles. The molecule has 0 aromatic rings. The van der Waals surface area contributed by atoms with Crippen molar-refractivity contribution in [1.29, 1.82) is 0 Å². The molecule has 0 aromatic carbocycles. The number of aliphatic hydroxyl groups is 3. The molecule has 4 N–H and O–H groups in total. The smallest absolute Gasteiger partial charge is 0.249 e. The van der Waals surface area contributed by atoms with Gasteiger partial charge in [0.15, 0.2) is 0 Å². The van der Waals surface area contributed by atoms with E-state index in [2.05, 4.69) is 43.5 Å². The summed E-state index contributed by atoms with van der Waals surface area (Å²) in [6.07, 6.45) is 37.2. The van der Waals surface area contributed by atoms with Crippen LogP contribution in [0.4, 0.5) is 0 Å². The maximum Gasteiger partial charge on any atom is 0.249 e. The van der Waals surface area contributed by atoms with Crippen LogP contribution in [-0.4, -0.2) is 46.1 Å². The van der Waals surface area contributed by atoms with Crippen LogP contribution in [0.2, 0.25) is 0 Å². The number of allylic oxidation sites excluding steroid dienone is 5. The lowest BCUT2D eigenvalue weighted by Crippen LogP contribution is -2.48. The third-order valence-electron chi connectivity index (χ3n) is 7.76. The molecule has 0 saturated heterocycles. The molecule has 0 aromatic heterocycles. The van der Waals surface area contributed by atoms with Crippen molar-refractivity contribution in [3.8, 4) is 0 Å². The highest BCUT2D eigenvalue weighted by Gasteiger charge is 2.22. The Labute approximate surface area is 254 Å². The summed E-state index contributed by atoms with van der Waals surface area (Å²) in [5.74, 6) is -0.522. The van der Waals surface area contributed by atoms with Gasteiger partial charge in [-0.05, 0) is 32.1 Å². The summed E-state index contributed by atoms with van der Waals surface area (Å²) in [6, 6.07) is -0.819. The van der Waals surface area contributed by atoms with Crippen LogP contribution in [0.1, 0.15) is 162 Å². The largest absolute Gasteiger partial charge is 0.394 e. The summed E-state index contributed by atoms with van der Waals surface area (Å²) in [5, 5.41) is 32.8. The molecule has 240 valence electrons. The Bertz CT molecular complexity index is 645. The maximum absolute atomic E-state index is 12.3. The van der Waals surface area contributed by atoms with Gasteiger partial charge in [0.25, 0.3) is 0 Å². The van der Waals surface area contributed by atoms with Crippen molar-refractivity contribution in [2.45, 2.75) is 180 Å². The Morgan fingerprint density at radius 1 is 0.610 bits per heavy atom. The van der Waals surface area contributed by atoms with E-state index < -0.39 is 24.2 Å². The molecule has 0 bridgehead atoms. The van der Waals surface area contributed by atoms with Gasteiger partial charge < -0.3 is 20.6 Å². The van der Waals surface area contributed by atoms with Crippen molar-refractivity contribution >= 4 is 5.91 Å². The van der Waals surface area contributed by atoms with Gasteiger partial charge in [-0.3, -0.25) is 4.79 Å². The van der Waals surface area contributed by atoms with E-state index in [9.17, 15) is 20.1 Å². The van der Waals surface area contributed by atoms with Crippen molar-refractivity contribution < 1.29 is 20.1 Å². The topological polar surface area (TPSA) is 89.8 Å². The van der Waals surface area contributed by atoms with Crippen LogP contribution in [0.15, 0.2) is 36.5 Å². The first-order valence-electron chi connectivity index (χ1n) is 17.3. The molecule has 5 nitrogen and oxygen atoms in total. The molecule has 1 amide bonds. The minimum atomic E-state index is -1.10. The van der Waals surface area contributed by atoms with Gasteiger partial charge >= 0.3 is 0 Å². The van der Waals surface area contributed by atoms with Gasteiger partial charge in [0, 0.05) is 0 Å². The Morgan fingerprint density at radius 3 is 1.56 bits per heavy atom. The first-order chi connectivity index (χ1) is 20.1. The van der Waals surface area contributed by atoms with E-state index >= 15 is 0 Å². The molecular weight excluding hydrogens is 510 g/mol. The maximum atomic E-state index is 12.3. The summed E-state index contributed by atoms with van der Waals surface area (Å²) >= 11 is 0. The molecule has 0 aliphatic carbocycles. The van der Waals surface area contributed by atoms with E-state index in [4.69, 9.17) is 0 Å². The number of nitrogens with one attached hydrogen (secondary N) is 1. The fraction of sp³-hybridized carbons (Fsp3) is 0.806. The van der Waals surface area contributed by atoms with Gasteiger partial charge in [0.05, 0.1) is 18.8 Å². The van der Waals surface area contributed by atoms with E-state index in [0.29, 0.717) is 6.42 Å². The number of hydrogen-bond acceptors (Lipinski definition) is 4. The molecule has 0 unspecified atom stereocenters. The Balaban J connectivity index is 3.85. The highest BCUT2D eigenvalue weighted by Crippen LogP contribution is 2.14. The second-order valence-corrected chi connectivity index (χ2v) is 11.8. The monoisotopic (exact) mass is 578 g/mol. The predicted molar refractivity (Wildman–Crippen MR) is 176 cm³/mol. The van der Waals surface area contributed by atoms with Crippen LogP contribution in [0.5, 0.6) is 0 Å². The summed E-state index contributed by atoms with van der Waals surface area (Å²) in [6.45, 7) is 4.11. The van der Waals surface area contributed by atoms with E-state index in [-0.39, 0.29) is 6.61 Å². The Morgan fingerprint density at radius 2 is 1.05 bits per heavy atom. The highest BCUT2D eigenvalue weighted by molar-refractivity contribution is 5.80. The van der Waals surface area contributed by atoms with Crippen LogP contribution in [0.25, 0.3) is 0 Å². The minimum absolute atomic E-state index is 0.383. The van der Waals surface area contributed by atoms with Crippen LogP contribution >= 0.6 is 0 Å². The van der Waals surface area contributed by atoms with Gasteiger partial charge in [-0.15, -0.1) is 0 Å². The zero-order valence-corrected chi connectivity index (χ0v) is 26.9. The van der Waals surface area contributed by atoms with Crippen molar-refractivity contribution in [1.82, 2.24) is 5.32 Å². The third-order valence-corrected chi connectivity index (χ3v) is 7.76. The lowest BCUT2D eigenvalue weighted by molar-refractivity contribution is -0.131. The highest BCUT2D eigenvalue weighted by atomic mass is 16.3. The van der Waals surface area contributed by atoms with Gasteiger partial charge in [-0.25, -0.2) is 0 Å². The Kier molecular flexibility index (Phi) is 30.4.